The van der Waals surface area contributed by atoms with Gasteiger partial charge >= 0.3 is 0 Å². The van der Waals surface area contributed by atoms with E-state index < -0.39 is 23.8 Å². The van der Waals surface area contributed by atoms with Crippen LogP contribution in [-0.2, 0) is 13.6 Å². The lowest BCUT2D eigenvalue weighted by Crippen LogP contribution is -2.19. The van der Waals surface area contributed by atoms with Crippen LogP contribution < -0.4 is 16.4 Å². The molecule has 34 heavy (non-hydrogen) atoms. The van der Waals surface area contributed by atoms with Gasteiger partial charge in [-0.1, -0.05) is 18.2 Å². The first-order valence-corrected chi connectivity index (χ1v) is 10.7. The molecule has 2 aromatic rings. The molecule has 3 aliphatic rings. The molecule has 0 saturated heterocycles. The zero-order valence-electron chi connectivity index (χ0n) is 18.5. The van der Waals surface area contributed by atoms with Gasteiger partial charge in [0.25, 0.3) is 6.43 Å². The van der Waals surface area contributed by atoms with Crippen LogP contribution in [0.3, 0.4) is 0 Å². The largest absolute Gasteiger partial charge is 0.369 e. The van der Waals surface area contributed by atoms with Gasteiger partial charge in [0.1, 0.15) is 23.8 Å². The van der Waals surface area contributed by atoms with E-state index in [0.29, 0.717) is 30.0 Å². The predicted octanol–water partition coefficient (Wildman–Crippen LogP) is 3.91. The number of aryl methyl sites for hydroxylation is 1. The first-order chi connectivity index (χ1) is 16.3. The van der Waals surface area contributed by atoms with Crippen molar-refractivity contribution in [2.24, 2.45) is 12.0 Å². The molecule has 5 rings (SSSR count). The average molecular weight is 466 g/mol. The highest BCUT2D eigenvalue weighted by molar-refractivity contribution is 5.81. The standard InChI is InChI=1S/C24H21F3N6O/c1-13(15-4-3-5-16(20(15)25)21(26)27)31-22-18-10-17(14-6-7-19(34)32(2)11-14)23-28-8-9-33(23)24(18)30-12-29-22/h3-7,10-13,21,28H,8-9H2,1-2H3/t13-/m1/s1. The molecular formula is C24H21F3N6O. The molecule has 1 aromatic carbocycles. The highest BCUT2D eigenvalue weighted by Gasteiger charge is 2.24. The number of anilines is 1. The van der Waals surface area contributed by atoms with E-state index in [-0.39, 0.29) is 11.1 Å². The second-order valence-corrected chi connectivity index (χ2v) is 8.14. The van der Waals surface area contributed by atoms with Crippen LogP contribution >= 0.6 is 0 Å². The van der Waals surface area contributed by atoms with Crippen molar-refractivity contribution in [2.75, 3.05) is 11.9 Å². The van der Waals surface area contributed by atoms with Gasteiger partial charge in [0.05, 0.1) is 17.2 Å². The van der Waals surface area contributed by atoms with Crippen molar-refractivity contribution in [2.45, 2.75) is 25.9 Å². The summed E-state index contributed by atoms with van der Waals surface area (Å²) in [5.74, 6) is 0.549. The summed E-state index contributed by atoms with van der Waals surface area (Å²) in [6.07, 6.45) is 0.221. The Kier molecular flexibility index (Phi) is 5.43. The number of aromatic nitrogens is 4. The van der Waals surface area contributed by atoms with E-state index in [4.69, 9.17) is 0 Å². The number of pyridine rings is 2. The van der Waals surface area contributed by atoms with Gasteiger partial charge in [0.2, 0.25) is 5.56 Å². The maximum atomic E-state index is 14.7. The number of hydrogen-bond acceptors (Lipinski definition) is 5. The van der Waals surface area contributed by atoms with Gasteiger partial charge in [-0.15, -0.1) is 0 Å². The fourth-order valence-corrected chi connectivity index (χ4v) is 4.27. The Balaban J connectivity index is 1.70. The van der Waals surface area contributed by atoms with Crippen LogP contribution in [0.2, 0.25) is 0 Å². The normalized spacial score (nSPS) is 14.5. The molecule has 7 nitrogen and oxygen atoms in total. The Morgan fingerprint density at radius 1 is 1.12 bits per heavy atom. The maximum absolute atomic E-state index is 14.7. The molecule has 0 amide bonds. The number of alkyl halides is 2. The summed E-state index contributed by atoms with van der Waals surface area (Å²) in [7, 11) is 1.68. The van der Waals surface area contributed by atoms with Crippen LogP contribution in [0.4, 0.5) is 19.0 Å². The molecular weight excluding hydrogens is 445 g/mol. The van der Waals surface area contributed by atoms with Crippen molar-refractivity contribution >= 4 is 5.82 Å². The van der Waals surface area contributed by atoms with Crippen LogP contribution in [-0.4, -0.2) is 25.6 Å². The third kappa shape index (κ3) is 3.64. The molecule has 0 spiro atoms. The van der Waals surface area contributed by atoms with E-state index in [1.807, 2.05) is 10.6 Å². The minimum Gasteiger partial charge on any atom is -0.369 e. The number of rotatable bonds is 4. The Bertz CT molecular complexity index is 1490. The van der Waals surface area contributed by atoms with Crippen LogP contribution in [0, 0.1) is 5.82 Å². The molecule has 0 bridgehead atoms. The van der Waals surface area contributed by atoms with Gasteiger partial charge in [-0.25, -0.2) is 23.1 Å². The maximum Gasteiger partial charge on any atom is 0.266 e. The monoisotopic (exact) mass is 466 g/mol. The van der Waals surface area contributed by atoms with Crippen molar-refractivity contribution in [3.05, 3.63) is 81.7 Å². The lowest BCUT2D eigenvalue weighted by atomic mass is 10.0. The van der Waals surface area contributed by atoms with Crippen LogP contribution in [0.15, 0.2) is 58.7 Å². The number of benzene rings is 1. The van der Waals surface area contributed by atoms with Crippen molar-refractivity contribution in [3.63, 3.8) is 0 Å². The van der Waals surface area contributed by atoms with Gasteiger partial charge < -0.3 is 14.5 Å². The van der Waals surface area contributed by atoms with Crippen molar-refractivity contribution in [1.82, 2.24) is 19.1 Å². The molecule has 0 fully saturated rings. The van der Waals surface area contributed by atoms with E-state index >= 15 is 0 Å². The number of halogens is 3. The minimum absolute atomic E-state index is 0.0679. The lowest BCUT2D eigenvalue weighted by Gasteiger charge is -2.18. The SMILES string of the molecule is C[C@@H](N=c1ncnc2n3c(c(-c4ccc(=O)n(C)c4)cc1-2)NCC3)c1cccc(C(F)F)c1F. The zero-order chi connectivity index (χ0) is 24.0. The molecule has 3 aliphatic heterocycles. The Labute approximate surface area is 192 Å². The average Bonchev–Trinajstić information content (AvgIpc) is 3.31. The molecule has 174 valence electrons. The first-order valence-electron chi connectivity index (χ1n) is 10.7. The van der Waals surface area contributed by atoms with Crippen LogP contribution in [0.1, 0.15) is 30.5 Å². The van der Waals surface area contributed by atoms with E-state index in [1.165, 1.54) is 29.1 Å². The molecule has 0 unspecified atom stereocenters. The first kappa shape index (κ1) is 21.9. The van der Waals surface area contributed by atoms with E-state index in [2.05, 4.69) is 20.3 Å². The molecule has 10 heteroatoms. The summed E-state index contributed by atoms with van der Waals surface area (Å²) in [6.45, 7) is 3.01. The van der Waals surface area contributed by atoms with E-state index in [1.54, 1.807) is 26.2 Å². The quantitative estimate of drug-likeness (QED) is 0.495. The molecule has 1 atom stereocenters. The Morgan fingerprint density at radius 2 is 1.91 bits per heavy atom. The molecule has 4 heterocycles. The fourth-order valence-electron chi connectivity index (χ4n) is 4.27. The van der Waals surface area contributed by atoms with Gasteiger partial charge in [0.15, 0.2) is 5.49 Å². The third-order valence-electron chi connectivity index (χ3n) is 6.00. The fraction of sp³-hybridized carbons (Fsp3) is 0.250. The predicted molar refractivity (Wildman–Crippen MR) is 121 cm³/mol. The topological polar surface area (TPSA) is 77.1 Å². The molecule has 1 N–H and O–H groups in total. The van der Waals surface area contributed by atoms with Crippen LogP contribution in [0.25, 0.3) is 22.5 Å². The van der Waals surface area contributed by atoms with Gasteiger partial charge in [-0.05, 0) is 19.1 Å². The van der Waals surface area contributed by atoms with E-state index in [0.717, 1.165) is 23.0 Å². The number of nitrogens with zero attached hydrogens (tertiary/aromatic N) is 5. The highest BCUT2D eigenvalue weighted by atomic mass is 19.3. The van der Waals surface area contributed by atoms with Gasteiger partial charge in [-0.3, -0.25) is 9.79 Å². The molecule has 0 radical (unpaired) electrons. The second-order valence-electron chi connectivity index (χ2n) is 8.14. The Hall–Kier alpha value is -3.95. The third-order valence-corrected chi connectivity index (χ3v) is 6.00. The van der Waals surface area contributed by atoms with Crippen molar-refractivity contribution in [3.8, 4) is 22.5 Å². The summed E-state index contributed by atoms with van der Waals surface area (Å²) >= 11 is 0. The summed E-state index contributed by atoms with van der Waals surface area (Å²) < 4.78 is 44.6. The van der Waals surface area contributed by atoms with Crippen molar-refractivity contribution in [1.29, 1.82) is 0 Å². The van der Waals surface area contributed by atoms with Crippen molar-refractivity contribution < 1.29 is 13.2 Å². The summed E-state index contributed by atoms with van der Waals surface area (Å²) in [5, 5.41) is 3.37. The Morgan fingerprint density at radius 3 is 2.68 bits per heavy atom. The number of hydrogen-bond donors (Lipinski definition) is 1. The summed E-state index contributed by atoms with van der Waals surface area (Å²) in [6, 6.07) is 8.30. The van der Waals surface area contributed by atoms with Crippen LogP contribution in [0.5, 0.6) is 0 Å². The van der Waals surface area contributed by atoms with Gasteiger partial charge in [-0.2, -0.15) is 0 Å². The van der Waals surface area contributed by atoms with Gasteiger partial charge in [0, 0.05) is 49.1 Å². The molecule has 1 aromatic heterocycles. The minimum atomic E-state index is -2.91. The second kappa shape index (κ2) is 8.44. The summed E-state index contributed by atoms with van der Waals surface area (Å²) in [4.78, 5) is 25.2. The number of nitrogens with one attached hydrogen (secondary N) is 1. The molecule has 0 saturated carbocycles. The van der Waals surface area contributed by atoms with E-state index in [9.17, 15) is 18.0 Å². The zero-order valence-corrected chi connectivity index (χ0v) is 18.5. The lowest BCUT2D eigenvalue weighted by molar-refractivity contribution is 0.146. The highest BCUT2D eigenvalue weighted by Crippen LogP contribution is 2.35. The molecule has 0 aliphatic carbocycles. The smallest absolute Gasteiger partial charge is 0.266 e. The summed E-state index contributed by atoms with van der Waals surface area (Å²) in [5.41, 5.74) is 1.92. The number of fused-ring (bicyclic) bond motifs is 3.